The fraction of sp³-hybridized carbons (Fsp3) is 0.133. The summed E-state index contributed by atoms with van der Waals surface area (Å²) < 4.78 is 41.5. The molecule has 0 unspecified atom stereocenters. The van der Waals surface area contributed by atoms with Gasteiger partial charge >= 0.3 is 6.36 Å². The van der Waals surface area contributed by atoms with Crippen molar-refractivity contribution >= 4 is 11.6 Å². The maximum Gasteiger partial charge on any atom is 0.573 e. The number of nitriles is 1. The molecule has 0 aliphatic rings. The summed E-state index contributed by atoms with van der Waals surface area (Å²) >= 11 is 6.10. The van der Waals surface area contributed by atoms with Crippen LogP contribution < -0.4 is 4.74 Å². The first-order valence-corrected chi connectivity index (χ1v) is 6.29. The first-order valence-electron chi connectivity index (χ1n) is 5.92. The van der Waals surface area contributed by atoms with Crippen LogP contribution in [0.1, 0.15) is 5.56 Å². The molecule has 0 radical (unpaired) electrons. The minimum Gasteiger partial charge on any atom is -0.405 e. The van der Waals surface area contributed by atoms with Gasteiger partial charge in [-0.05, 0) is 17.7 Å². The van der Waals surface area contributed by atoms with Crippen molar-refractivity contribution in [2.75, 3.05) is 0 Å². The van der Waals surface area contributed by atoms with Gasteiger partial charge in [-0.3, -0.25) is 0 Å². The first kappa shape index (κ1) is 15.2. The Hall–Kier alpha value is -2.19. The summed E-state index contributed by atoms with van der Waals surface area (Å²) in [6.45, 7) is 0. The van der Waals surface area contributed by atoms with Crippen LogP contribution in [0.4, 0.5) is 13.2 Å². The standard InChI is InChI=1S/C15H9ClF3NO/c16-12-6-3-4-10(8-9-20)14(12)11-5-1-2-7-13(11)21-15(17,18)19/h1-7H,8H2. The molecule has 2 aromatic carbocycles. The van der Waals surface area contributed by atoms with Gasteiger partial charge in [0, 0.05) is 16.1 Å². The molecule has 2 rings (SSSR count). The second kappa shape index (κ2) is 6.06. The van der Waals surface area contributed by atoms with Gasteiger partial charge in [-0.25, -0.2) is 0 Å². The Kier molecular flexibility index (Phi) is 4.39. The van der Waals surface area contributed by atoms with Crippen molar-refractivity contribution in [2.24, 2.45) is 0 Å². The lowest BCUT2D eigenvalue weighted by Gasteiger charge is -2.16. The van der Waals surface area contributed by atoms with Gasteiger partial charge in [-0.2, -0.15) is 5.26 Å². The van der Waals surface area contributed by atoms with Crippen molar-refractivity contribution in [1.29, 1.82) is 5.26 Å². The summed E-state index contributed by atoms with van der Waals surface area (Å²) in [4.78, 5) is 0. The maximum absolute atomic E-state index is 12.5. The zero-order chi connectivity index (χ0) is 15.5. The summed E-state index contributed by atoms with van der Waals surface area (Å²) in [5.74, 6) is -0.350. The molecule has 21 heavy (non-hydrogen) atoms. The van der Waals surface area contributed by atoms with Crippen LogP contribution in [0.3, 0.4) is 0 Å². The van der Waals surface area contributed by atoms with E-state index >= 15 is 0 Å². The lowest BCUT2D eigenvalue weighted by atomic mass is 9.97. The molecule has 0 amide bonds. The van der Waals surface area contributed by atoms with E-state index in [1.807, 2.05) is 6.07 Å². The molecule has 0 heterocycles. The SMILES string of the molecule is N#CCc1cccc(Cl)c1-c1ccccc1OC(F)(F)F. The zero-order valence-electron chi connectivity index (χ0n) is 10.6. The third kappa shape index (κ3) is 3.67. The number of rotatable bonds is 3. The number of benzene rings is 2. The van der Waals surface area contributed by atoms with Crippen LogP contribution in [0.5, 0.6) is 5.75 Å². The van der Waals surface area contributed by atoms with Gasteiger partial charge in [0.05, 0.1) is 12.5 Å². The zero-order valence-corrected chi connectivity index (χ0v) is 11.4. The van der Waals surface area contributed by atoms with Gasteiger partial charge in [0.25, 0.3) is 0 Å². The smallest absolute Gasteiger partial charge is 0.405 e. The fourth-order valence-electron chi connectivity index (χ4n) is 1.99. The highest BCUT2D eigenvalue weighted by molar-refractivity contribution is 6.33. The largest absolute Gasteiger partial charge is 0.573 e. The Labute approximate surface area is 124 Å². The third-order valence-corrected chi connectivity index (χ3v) is 3.07. The molecule has 0 aromatic heterocycles. The summed E-state index contributed by atoms with van der Waals surface area (Å²) in [7, 11) is 0. The number of para-hydroxylation sites is 1. The van der Waals surface area contributed by atoms with Gasteiger partial charge in [0.1, 0.15) is 5.75 Å². The Balaban J connectivity index is 2.60. The summed E-state index contributed by atoms with van der Waals surface area (Å²) in [6.07, 6.45) is -4.76. The van der Waals surface area contributed by atoms with Crippen molar-refractivity contribution < 1.29 is 17.9 Å². The monoisotopic (exact) mass is 311 g/mol. The van der Waals surface area contributed by atoms with Gasteiger partial charge in [0.2, 0.25) is 0 Å². The number of ether oxygens (including phenoxy) is 1. The number of hydrogen-bond donors (Lipinski definition) is 0. The van der Waals surface area contributed by atoms with Crippen molar-refractivity contribution in [3.63, 3.8) is 0 Å². The average Bonchev–Trinajstić information content (AvgIpc) is 2.39. The molecule has 2 nitrogen and oxygen atoms in total. The number of hydrogen-bond acceptors (Lipinski definition) is 2. The first-order chi connectivity index (χ1) is 9.92. The van der Waals surface area contributed by atoms with E-state index in [-0.39, 0.29) is 22.8 Å². The molecule has 0 N–H and O–H groups in total. The van der Waals surface area contributed by atoms with E-state index in [1.54, 1.807) is 24.3 Å². The summed E-state index contributed by atoms with van der Waals surface area (Å²) in [6, 6.07) is 12.5. The molecule has 0 saturated heterocycles. The average molecular weight is 312 g/mol. The van der Waals surface area contributed by atoms with Gasteiger partial charge < -0.3 is 4.74 Å². The van der Waals surface area contributed by atoms with E-state index in [2.05, 4.69) is 4.74 Å². The second-order valence-electron chi connectivity index (χ2n) is 4.15. The van der Waals surface area contributed by atoms with Crippen molar-refractivity contribution in [1.82, 2.24) is 0 Å². The van der Waals surface area contributed by atoms with Crippen LogP contribution in [-0.4, -0.2) is 6.36 Å². The van der Waals surface area contributed by atoms with Gasteiger partial charge in [-0.1, -0.05) is 41.9 Å². The van der Waals surface area contributed by atoms with E-state index in [0.29, 0.717) is 11.1 Å². The Morgan fingerprint density at radius 2 is 1.81 bits per heavy atom. The molecule has 6 heteroatoms. The minimum atomic E-state index is -4.80. The minimum absolute atomic E-state index is 0.0379. The molecule has 0 bridgehead atoms. The molecule has 0 spiro atoms. The van der Waals surface area contributed by atoms with E-state index in [9.17, 15) is 13.2 Å². The van der Waals surface area contributed by atoms with Gasteiger partial charge in [-0.15, -0.1) is 13.2 Å². The predicted octanol–water partition coefficient (Wildman–Crippen LogP) is 4.97. The Bertz CT molecular complexity index is 692. The number of alkyl halides is 3. The molecule has 0 aliphatic carbocycles. The molecular formula is C15H9ClF3NO. The number of halogens is 4. The highest BCUT2D eigenvalue weighted by Crippen LogP contribution is 2.39. The molecule has 0 aliphatic heterocycles. The van der Waals surface area contributed by atoms with Crippen molar-refractivity contribution in [3.05, 3.63) is 53.1 Å². The molecular weight excluding hydrogens is 303 g/mol. The molecule has 108 valence electrons. The summed E-state index contributed by atoms with van der Waals surface area (Å²) in [5.41, 5.74) is 1.12. The predicted molar refractivity (Wildman–Crippen MR) is 72.9 cm³/mol. The summed E-state index contributed by atoms with van der Waals surface area (Å²) in [5, 5.41) is 9.10. The number of nitrogens with zero attached hydrogens (tertiary/aromatic N) is 1. The van der Waals surface area contributed by atoms with Crippen LogP contribution >= 0.6 is 11.6 Å². The third-order valence-electron chi connectivity index (χ3n) is 2.75. The van der Waals surface area contributed by atoms with Crippen LogP contribution in [0.15, 0.2) is 42.5 Å². The fourth-order valence-corrected chi connectivity index (χ4v) is 2.29. The highest BCUT2D eigenvalue weighted by Gasteiger charge is 2.32. The van der Waals surface area contributed by atoms with Crippen molar-refractivity contribution in [2.45, 2.75) is 12.8 Å². The van der Waals surface area contributed by atoms with E-state index in [4.69, 9.17) is 16.9 Å². The topological polar surface area (TPSA) is 33.0 Å². The normalized spacial score (nSPS) is 11.0. The molecule has 2 aromatic rings. The van der Waals surface area contributed by atoms with Crippen LogP contribution in [0, 0.1) is 11.3 Å². The Morgan fingerprint density at radius 3 is 2.48 bits per heavy atom. The lowest BCUT2D eigenvalue weighted by Crippen LogP contribution is -2.17. The molecule has 0 atom stereocenters. The maximum atomic E-state index is 12.5. The highest BCUT2D eigenvalue weighted by atomic mass is 35.5. The van der Waals surface area contributed by atoms with Crippen molar-refractivity contribution in [3.8, 4) is 22.9 Å². The second-order valence-corrected chi connectivity index (χ2v) is 4.56. The lowest BCUT2D eigenvalue weighted by molar-refractivity contribution is -0.274. The molecule has 0 fully saturated rings. The van der Waals surface area contributed by atoms with E-state index < -0.39 is 6.36 Å². The van der Waals surface area contributed by atoms with E-state index in [1.165, 1.54) is 18.2 Å². The van der Waals surface area contributed by atoms with Crippen LogP contribution in [0.2, 0.25) is 5.02 Å². The van der Waals surface area contributed by atoms with E-state index in [0.717, 1.165) is 0 Å². The van der Waals surface area contributed by atoms with Crippen LogP contribution in [-0.2, 0) is 6.42 Å². The quantitative estimate of drug-likeness (QED) is 0.801. The van der Waals surface area contributed by atoms with Gasteiger partial charge in [0.15, 0.2) is 0 Å². The van der Waals surface area contributed by atoms with Crippen LogP contribution in [0.25, 0.3) is 11.1 Å². The Morgan fingerprint density at radius 1 is 1.10 bits per heavy atom. The molecule has 0 saturated carbocycles.